The first kappa shape index (κ1) is 16.8. The zero-order chi connectivity index (χ0) is 16.0. The van der Waals surface area contributed by atoms with Gasteiger partial charge < -0.3 is 20.6 Å². The molecule has 0 aliphatic rings. The predicted octanol–water partition coefficient (Wildman–Crippen LogP) is 1.65. The monoisotopic (exact) mass is 295 g/mol. The molecule has 1 rings (SSSR count). The molecule has 0 aliphatic carbocycles. The van der Waals surface area contributed by atoms with E-state index in [0.717, 1.165) is 0 Å². The van der Waals surface area contributed by atoms with Crippen LogP contribution in [0.4, 0.5) is 0 Å². The van der Waals surface area contributed by atoms with Gasteiger partial charge in [-0.1, -0.05) is 19.9 Å². The second-order valence-corrected chi connectivity index (χ2v) is 4.94. The van der Waals surface area contributed by atoms with E-state index in [1.807, 2.05) is 13.8 Å². The Labute approximate surface area is 123 Å². The van der Waals surface area contributed by atoms with E-state index in [0.29, 0.717) is 18.4 Å². The van der Waals surface area contributed by atoms with Crippen molar-refractivity contribution < 1.29 is 24.9 Å². The van der Waals surface area contributed by atoms with Crippen LogP contribution in [0.1, 0.15) is 32.3 Å². The molecule has 0 spiro atoms. The average Bonchev–Trinajstić information content (AvgIpc) is 2.43. The number of amides is 1. The fraction of sp³-hybridized carbons (Fsp3) is 0.467. The van der Waals surface area contributed by atoms with Crippen molar-refractivity contribution in [1.29, 1.82) is 0 Å². The van der Waals surface area contributed by atoms with E-state index in [2.05, 4.69) is 5.32 Å². The molecule has 0 heterocycles. The van der Waals surface area contributed by atoms with E-state index in [-0.39, 0.29) is 29.7 Å². The Morgan fingerprint density at radius 3 is 2.24 bits per heavy atom. The van der Waals surface area contributed by atoms with Crippen molar-refractivity contribution >= 4 is 11.9 Å². The minimum Gasteiger partial charge on any atom is -0.504 e. The minimum atomic E-state index is -1.14. The normalized spacial score (nSPS) is 12.1. The zero-order valence-corrected chi connectivity index (χ0v) is 12.2. The number of benzene rings is 1. The molecule has 0 radical (unpaired) electrons. The summed E-state index contributed by atoms with van der Waals surface area (Å²) in [5.41, 5.74) is 0.516. The smallest absolute Gasteiger partial charge is 0.326 e. The van der Waals surface area contributed by atoms with Crippen LogP contribution in [0.2, 0.25) is 0 Å². The number of aromatic hydroxyl groups is 2. The fourth-order valence-electron chi connectivity index (χ4n) is 2.08. The number of carbonyl (C=O) groups excluding carboxylic acids is 1. The van der Waals surface area contributed by atoms with Crippen molar-refractivity contribution in [2.24, 2.45) is 5.92 Å². The summed E-state index contributed by atoms with van der Waals surface area (Å²) in [6, 6.07) is 3.01. The van der Waals surface area contributed by atoms with Gasteiger partial charge in [-0.15, -0.1) is 0 Å². The maximum atomic E-state index is 12.0. The van der Waals surface area contributed by atoms with Gasteiger partial charge in [-0.2, -0.15) is 0 Å². The SMILES string of the molecule is CCC(CC)C(=O)N[C@@H](Cc1ccc(O)c(O)c1)C(=O)O. The highest BCUT2D eigenvalue weighted by Gasteiger charge is 2.24. The number of carbonyl (C=O) groups is 2. The van der Waals surface area contributed by atoms with Crippen LogP contribution in [0, 0.1) is 5.92 Å². The van der Waals surface area contributed by atoms with E-state index >= 15 is 0 Å². The molecule has 21 heavy (non-hydrogen) atoms. The molecular weight excluding hydrogens is 274 g/mol. The fourth-order valence-corrected chi connectivity index (χ4v) is 2.08. The third kappa shape index (κ3) is 4.66. The summed E-state index contributed by atoms with van der Waals surface area (Å²) in [7, 11) is 0. The first-order valence-corrected chi connectivity index (χ1v) is 6.93. The van der Waals surface area contributed by atoms with Crippen molar-refractivity contribution in [2.75, 3.05) is 0 Å². The van der Waals surface area contributed by atoms with Crippen LogP contribution in [0.15, 0.2) is 18.2 Å². The highest BCUT2D eigenvalue weighted by molar-refractivity contribution is 5.85. The molecule has 0 saturated heterocycles. The molecule has 0 fully saturated rings. The van der Waals surface area contributed by atoms with E-state index in [9.17, 15) is 24.9 Å². The summed E-state index contributed by atoms with van der Waals surface area (Å²) in [6.45, 7) is 3.75. The van der Waals surface area contributed by atoms with Crippen LogP contribution in [0.5, 0.6) is 11.5 Å². The van der Waals surface area contributed by atoms with Crippen LogP contribution >= 0.6 is 0 Å². The van der Waals surface area contributed by atoms with Crippen molar-refractivity contribution in [2.45, 2.75) is 39.2 Å². The maximum absolute atomic E-state index is 12.0. The van der Waals surface area contributed by atoms with Gasteiger partial charge in [0.15, 0.2) is 11.5 Å². The number of carboxylic acid groups (broad SMARTS) is 1. The van der Waals surface area contributed by atoms with Gasteiger partial charge in [-0.05, 0) is 30.5 Å². The number of rotatable bonds is 7. The van der Waals surface area contributed by atoms with Gasteiger partial charge >= 0.3 is 5.97 Å². The third-order valence-corrected chi connectivity index (χ3v) is 3.45. The Kier molecular flexibility index (Phi) is 6.02. The summed E-state index contributed by atoms with van der Waals surface area (Å²) < 4.78 is 0. The molecule has 0 unspecified atom stereocenters. The maximum Gasteiger partial charge on any atom is 0.326 e. The second-order valence-electron chi connectivity index (χ2n) is 4.94. The highest BCUT2D eigenvalue weighted by atomic mass is 16.4. The summed E-state index contributed by atoms with van der Waals surface area (Å²) in [5, 5.41) is 30.4. The number of aliphatic carboxylic acids is 1. The number of phenolic OH excluding ortho intramolecular Hbond substituents is 2. The van der Waals surface area contributed by atoms with Crippen molar-refractivity contribution in [3.63, 3.8) is 0 Å². The van der Waals surface area contributed by atoms with Gasteiger partial charge in [0.2, 0.25) is 5.91 Å². The predicted molar refractivity (Wildman–Crippen MR) is 77.1 cm³/mol. The first-order valence-electron chi connectivity index (χ1n) is 6.93. The number of carboxylic acids is 1. The van der Waals surface area contributed by atoms with E-state index in [4.69, 9.17) is 0 Å². The number of nitrogens with one attached hydrogen (secondary N) is 1. The Morgan fingerprint density at radius 1 is 1.14 bits per heavy atom. The largest absolute Gasteiger partial charge is 0.504 e. The Balaban J connectivity index is 2.80. The number of phenols is 2. The summed E-state index contributed by atoms with van der Waals surface area (Å²) in [6.07, 6.45) is 1.33. The molecule has 1 aromatic rings. The van der Waals surface area contributed by atoms with Gasteiger partial charge in [-0.3, -0.25) is 4.79 Å². The quantitative estimate of drug-likeness (QED) is 0.572. The summed E-state index contributed by atoms with van der Waals surface area (Å²) >= 11 is 0. The van der Waals surface area contributed by atoms with Crippen LogP contribution in [0.3, 0.4) is 0 Å². The van der Waals surface area contributed by atoms with Crippen LogP contribution in [0.25, 0.3) is 0 Å². The molecule has 0 bridgehead atoms. The Bertz CT molecular complexity index is 511. The lowest BCUT2D eigenvalue weighted by atomic mass is 10.0. The van der Waals surface area contributed by atoms with Gasteiger partial charge in [0.05, 0.1) is 0 Å². The van der Waals surface area contributed by atoms with Crippen molar-refractivity contribution in [3.8, 4) is 11.5 Å². The Morgan fingerprint density at radius 2 is 1.76 bits per heavy atom. The molecule has 0 aliphatic heterocycles. The van der Waals surface area contributed by atoms with E-state index < -0.39 is 12.0 Å². The molecule has 4 N–H and O–H groups in total. The number of hydrogen-bond donors (Lipinski definition) is 4. The molecule has 1 amide bonds. The van der Waals surface area contributed by atoms with Crippen molar-refractivity contribution in [1.82, 2.24) is 5.32 Å². The lowest BCUT2D eigenvalue weighted by Crippen LogP contribution is -2.44. The topological polar surface area (TPSA) is 107 Å². The molecule has 116 valence electrons. The average molecular weight is 295 g/mol. The van der Waals surface area contributed by atoms with Crippen LogP contribution in [-0.4, -0.2) is 33.2 Å². The highest BCUT2D eigenvalue weighted by Crippen LogP contribution is 2.25. The minimum absolute atomic E-state index is 0.0368. The molecule has 6 heteroatoms. The second kappa shape index (κ2) is 7.52. The van der Waals surface area contributed by atoms with Gasteiger partial charge in [0, 0.05) is 12.3 Å². The lowest BCUT2D eigenvalue weighted by Gasteiger charge is -2.18. The summed E-state index contributed by atoms with van der Waals surface area (Å²) in [4.78, 5) is 23.2. The van der Waals surface area contributed by atoms with Gasteiger partial charge in [-0.25, -0.2) is 4.79 Å². The standard InChI is InChI=1S/C15H21NO5/c1-3-10(4-2)14(19)16-11(15(20)21)7-9-5-6-12(17)13(18)8-9/h5-6,8,10-11,17-18H,3-4,7H2,1-2H3,(H,16,19)(H,20,21)/t11-/m0/s1. The van der Waals surface area contributed by atoms with Crippen LogP contribution in [-0.2, 0) is 16.0 Å². The number of hydrogen-bond acceptors (Lipinski definition) is 4. The molecule has 1 atom stereocenters. The molecule has 1 aromatic carbocycles. The Hall–Kier alpha value is -2.24. The van der Waals surface area contributed by atoms with Gasteiger partial charge in [0.25, 0.3) is 0 Å². The molecular formula is C15H21NO5. The lowest BCUT2D eigenvalue weighted by molar-refractivity contribution is -0.142. The van der Waals surface area contributed by atoms with Gasteiger partial charge in [0.1, 0.15) is 6.04 Å². The van der Waals surface area contributed by atoms with Crippen molar-refractivity contribution in [3.05, 3.63) is 23.8 Å². The molecule has 0 saturated carbocycles. The third-order valence-electron chi connectivity index (χ3n) is 3.45. The molecule has 0 aromatic heterocycles. The molecule has 6 nitrogen and oxygen atoms in total. The van der Waals surface area contributed by atoms with E-state index in [1.54, 1.807) is 0 Å². The van der Waals surface area contributed by atoms with E-state index in [1.165, 1.54) is 18.2 Å². The summed E-state index contributed by atoms with van der Waals surface area (Å²) in [5.74, 6) is -2.22. The first-order chi connectivity index (χ1) is 9.88. The zero-order valence-electron chi connectivity index (χ0n) is 12.2. The van der Waals surface area contributed by atoms with Crippen LogP contribution < -0.4 is 5.32 Å².